The molecule has 2 aliphatic rings. The number of methoxy groups -OCH3 is 1. The van der Waals surface area contributed by atoms with E-state index in [2.05, 4.69) is 6.08 Å². The molecular weight excluding hydrogens is 192 g/mol. The number of hydrogen-bond donors (Lipinski definition) is 0. The van der Waals surface area contributed by atoms with Gasteiger partial charge in [0.2, 0.25) is 0 Å². The zero-order chi connectivity index (χ0) is 10.7. The van der Waals surface area contributed by atoms with Crippen molar-refractivity contribution >= 4 is 6.29 Å². The summed E-state index contributed by atoms with van der Waals surface area (Å²) in [6.45, 7) is 0.244. The number of allylic oxidation sites excluding steroid dienone is 2. The highest BCUT2D eigenvalue weighted by atomic mass is 16.7. The standard InChI is InChI=1S/C12H18O3/c1-14-9-15-11-6-5-10-4-2-3-7-12(10,11)8-13/h6,8,10H,2-5,7,9H2,1H3/t10-,12+/m0/s1. The molecule has 0 amide bonds. The highest BCUT2D eigenvalue weighted by molar-refractivity contribution is 5.66. The summed E-state index contributed by atoms with van der Waals surface area (Å²) in [5, 5.41) is 0. The zero-order valence-corrected chi connectivity index (χ0v) is 9.20. The van der Waals surface area contributed by atoms with E-state index in [9.17, 15) is 4.79 Å². The van der Waals surface area contributed by atoms with E-state index in [-0.39, 0.29) is 12.2 Å². The minimum absolute atomic E-state index is 0.244. The molecule has 0 N–H and O–H groups in total. The van der Waals surface area contributed by atoms with Gasteiger partial charge in [-0.1, -0.05) is 12.8 Å². The van der Waals surface area contributed by atoms with Crippen molar-refractivity contribution in [2.24, 2.45) is 11.3 Å². The molecule has 0 bridgehead atoms. The molecule has 84 valence electrons. The number of fused-ring (bicyclic) bond motifs is 1. The fourth-order valence-electron chi connectivity index (χ4n) is 2.89. The molecule has 0 spiro atoms. The van der Waals surface area contributed by atoms with Gasteiger partial charge >= 0.3 is 0 Å². The van der Waals surface area contributed by atoms with Crippen molar-refractivity contribution in [3.8, 4) is 0 Å². The molecule has 0 heterocycles. The van der Waals surface area contributed by atoms with Gasteiger partial charge in [-0.3, -0.25) is 0 Å². The van der Waals surface area contributed by atoms with E-state index >= 15 is 0 Å². The molecule has 0 radical (unpaired) electrons. The maximum absolute atomic E-state index is 11.4. The molecule has 0 aliphatic heterocycles. The van der Waals surface area contributed by atoms with E-state index in [4.69, 9.17) is 9.47 Å². The van der Waals surface area contributed by atoms with Crippen molar-refractivity contribution in [2.45, 2.75) is 32.1 Å². The van der Waals surface area contributed by atoms with Crippen molar-refractivity contribution in [1.82, 2.24) is 0 Å². The van der Waals surface area contributed by atoms with Gasteiger partial charge in [0.1, 0.15) is 12.0 Å². The van der Waals surface area contributed by atoms with Gasteiger partial charge in [0, 0.05) is 7.11 Å². The lowest BCUT2D eigenvalue weighted by molar-refractivity contribution is -0.122. The molecule has 0 aromatic carbocycles. The lowest BCUT2D eigenvalue weighted by atomic mass is 9.68. The molecule has 3 nitrogen and oxygen atoms in total. The summed E-state index contributed by atoms with van der Waals surface area (Å²) >= 11 is 0. The van der Waals surface area contributed by atoms with Gasteiger partial charge in [-0.25, -0.2) is 0 Å². The van der Waals surface area contributed by atoms with Crippen LogP contribution in [0.15, 0.2) is 11.8 Å². The fraction of sp³-hybridized carbons (Fsp3) is 0.750. The first-order chi connectivity index (χ1) is 7.33. The molecule has 3 heteroatoms. The molecule has 1 fully saturated rings. The van der Waals surface area contributed by atoms with Crippen LogP contribution in [-0.4, -0.2) is 20.2 Å². The van der Waals surface area contributed by atoms with Gasteiger partial charge in [-0.2, -0.15) is 0 Å². The minimum atomic E-state index is -0.323. The van der Waals surface area contributed by atoms with Crippen molar-refractivity contribution < 1.29 is 14.3 Å². The Hall–Kier alpha value is -0.830. The van der Waals surface area contributed by atoms with E-state index < -0.39 is 0 Å². The molecule has 1 saturated carbocycles. The van der Waals surface area contributed by atoms with E-state index in [0.717, 1.165) is 37.7 Å². The van der Waals surface area contributed by atoms with Crippen LogP contribution in [0.2, 0.25) is 0 Å². The minimum Gasteiger partial charge on any atom is -0.471 e. The molecule has 15 heavy (non-hydrogen) atoms. The summed E-state index contributed by atoms with van der Waals surface area (Å²) in [5.41, 5.74) is -0.323. The van der Waals surface area contributed by atoms with Crippen molar-refractivity contribution in [1.29, 1.82) is 0 Å². The van der Waals surface area contributed by atoms with E-state index in [0.29, 0.717) is 5.92 Å². The van der Waals surface area contributed by atoms with Gasteiger partial charge in [-0.05, 0) is 31.3 Å². The third kappa shape index (κ3) is 1.69. The normalized spacial score (nSPS) is 34.5. The summed E-state index contributed by atoms with van der Waals surface area (Å²) in [5.74, 6) is 1.32. The van der Waals surface area contributed by atoms with Crippen LogP contribution >= 0.6 is 0 Å². The monoisotopic (exact) mass is 210 g/mol. The molecule has 2 rings (SSSR count). The number of rotatable bonds is 4. The Labute approximate surface area is 90.4 Å². The van der Waals surface area contributed by atoms with Gasteiger partial charge in [-0.15, -0.1) is 0 Å². The molecule has 0 aromatic heterocycles. The van der Waals surface area contributed by atoms with Crippen LogP contribution < -0.4 is 0 Å². The van der Waals surface area contributed by atoms with Gasteiger partial charge < -0.3 is 14.3 Å². The third-order valence-electron chi connectivity index (χ3n) is 3.71. The fourth-order valence-corrected chi connectivity index (χ4v) is 2.89. The van der Waals surface area contributed by atoms with Crippen LogP contribution in [-0.2, 0) is 14.3 Å². The van der Waals surface area contributed by atoms with Crippen LogP contribution in [0.1, 0.15) is 32.1 Å². The third-order valence-corrected chi connectivity index (χ3v) is 3.71. The Kier molecular flexibility index (Phi) is 3.10. The highest BCUT2D eigenvalue weighted by Gasteiger charge is 2.48. The average molecular weight is 210 g/mol. The van der Waals surface area contributed by atoms with E-state index in [1.165, 1.54) is 6.42 Å². The van der Waals surface area contributed by atoms with Crippen molar-refractivity contribution in [3.63, 3.8) is 0 Å². The lowest BCUT2D eigenvalue weighted by Crippen LogP contribution is -2.34. The second-order valence-corrected chi connectivity index (χ2v) is 4.46. The molecule has 0 saturated heterocycles. The summed E-state index contributed by atoms with van der Waals surface area (Å²) in [6, 6.07) is 0. The molecule has 2 atom stereocenters. The summed E-state index contributed by atoms with van der Waals surface area (Å²) in [6.07, 6.45) is 8.62. The smallest absolute Gasteiger partial charge is 0.188 e. The Morgan fingerprint density at radius 3 is 3.20 bits per heavy atom. The van der Waals surface area contributed by atoms with Crippen LogP contribution in [0.3, 0.4) is 0 Å². The number of ether oxygens (including phenoxy) is 2. The first-order valence-electron chi connectivity index (χ1n) is 5.62. The summed E-state index contributed by atoms with van der Waals surface area (Å²) in [7, 11) is 1.60. The predicted molar refractivity (Wildman–Crippen MR) is 56.1 cm³/mol. The predicted octanol–water partition coefficient (Wildman–Crippen LogP) is 2.27. The summed E-state index contributed by atoms with van der Waals surface area (Å²) in [4.78, 5) is 11.4. The van der Waals surface area contributed by atoms with Crippen molar-refractivity contribution in [3.05, 3.63) is 11.8 Å². The second kappa shape index (κ2) is 4.35. The lowest BCUT2D eigenvalue weighted by Gasteiger charge is -2.36. The SMILES string of the molecule is COCOC1=CC[C@@H]2CCCC[C@]12C=O. The molecule has 0 aromatic rings. The van der Waals surface area contributed by atoms with Crippen molar-refractivity contribution in [2.75, 3.05) is 13.9 Å². The van der Waals surface area contributed by atoms with Gasteiger partial charge in [0.15, 0.2) is 6.79 Å². The van der Waals surface area contributed by atoms with Crippen LogP contribution in [0.5, 0.6) is 0 Å². The topological polar surface area (TPSA) is 35.5 Å². The van der Waals surface area contributed by atoms with Crippen LogP contribution in [0, 0.1) is 11.3 Å². The number of carbonyl (C=O) groups is 1. The first kappa shape index (κ1) is 10.7. The molecule has 2 aliphatic carbocycles. The van der Waals surface area contributed by atoms with Crippen LogP contribution in [0.4, 0.5) is 0 Å². The Morgan fingerprint density at radius 1 is 1.60 bits per heavy atom. The Balaban J connectivity index is 2.13. The average Bonchev–Trinajstić information content (AvgIpc) is 2.65. The zero-order valence-electron chi connectivity index (χ0n) is 9.20. The number of aldehydes is 1. The molecule has 0 unspecified atom stereocenters. The number of carbonyl (C=O) groups excluding carboxylic acids is 1. The Bertz CT molecular complexity index is 272. The highest BCUT2D eigenvalue weighted by Crippen LogP contribution is 2.51. The Morgan fingerprint density at radius 2 is 2.47 bits per heavy atom. The van der Waals surface area contributed by atoms with Gasteiger partial charge in [0.25, 0.3) is 0 Å². The second-order valence-electron chi connectivity index (χ2n) is 4.46. The maximum Gasteiger partial charge on any atom is 0.188 e. The quantitative estimate of drug-likeness (QED) is 0.527. The first-order valence-corrected chi connectivity index (χ1v) is 5.62. The molecular formula is C12H18O3. The summed E-state index contributed by atoms with van der Waals surface area (Å²) < 4.78 is 10.4. The largest absolute Gasteiger partial charge is 0.471 e. The van der Waals surface area contributed by atoms with Crippen LogP contribution in [0.25, 0.3) is 0 Å². The van der Waals surface area contributed by atoms with Gasteiger partial charge in [0.05, 0.1) is 5.41 Å². The number of hydrogen-bond acceptors (Lipinski definition) is 3. The maximum atomic E-state index is 11.4. The van der Waals surface area contributed by atoms with E-state index in [1.807, 2.05) is 0 Å². The van der Waals surface area contributed by atoms with E-state index in [1.54, 1.807) is 7.11 Å².